The molecule has 1 heterocycles. The molecule has 2 fully saturated rings. The highest BCUT2D eigenvalue weighted by atomic mass is 16.5. The molecule has 2 unspecified atom stereocenters. The first-order chi connectivity index (χ1) is 6.34. The van der Waals surface area contributed by atoms with Gasteiger partial charge < -0.3 is 10.1 Å². The molecular weight excluding hydrogens is 166 g/mol. The van der Waals surface area contributed by atoms with E-state index >= 15 is 0 Å². The van der Waals surface area contributed by atoms with Crippen molar-refractivity contribution in [3.05, 3.63) is 0 Å². The van der Waals surface area contributed by atoms with E-state index in [-0.39, 0.29) is 0 Å². The molecule has 0 radical (unpaired) electrons. The first kappa shape index (κ1) is 9.16. The second-order valence-electron chi connectivity index (χ2n) is 4.02. The standard InChI is InChI=1S/C10H17NO2/c12-9-4-3-8(6-9)11-7-10-2-1-5-13-10/h8,10-11H,1-7H2. The maximum atomic E-state index is 11.0. The molecule has 2 rings (SSSR count). The van der Waals surface area contributed by atoms with Crippen LogP contribution in [0.2, 0.25) is 0 Å². The first-order valence-corrected chi connectivity index (χ1v) is 5.21. The van der Waals surface area contributed by atoms with Crippen LogP contribution in [0.5, 0.6) is 0 Å². The van der Waals surface area contributed by atoms with Gasteiger partial charge in [-0.1, -0.05) is 0 Å². The zero-order valence-electron chi connectivity index (χ0n) is 7.92. The third kappa shape index (κ3) is 2.51. The highest BCUT2D eigenvalue weighted by molar-refractivity contribution is 5.81. The van der Waals surface area contributed by atoms with E-state index in [0.717, 1.165) is 32.4 Å². The van der Waals surface area contributed by atoms with Gasteiger partial charge in [0.15, 0.2) is 0 Å². The molecule has 2 atom stereocenters. The van der Waals surface area contributed by atoms with E-state index in [1.165, 1.54) is 12.8 Å². The highest BCUT2D eigenvalue weighted by Gasteiger charge is 2.23. The van der Waals surface area contributed by atoms with Crippen LogP contribution in [-0.2, 0) is 9.53 Å². The number of ether oxygens (including phenoxy) is 1. The predicted octanol–water partition coefficient (Wildman–Crippen LogP) is 0.877. The summed E-state index contributed by atoms with van der Waals surface area (Å²) >= 11 is 0. The van der Waals surface area contributed by atoms with Gasteiger partial charge in [0.05, 0.1) is 6.10 Å². The number of hydrogen-bond donors (Lipinski definition) is 1. The lowest BCUT2D eigenvalue weighted by atomic mass is 10.2. The van der Waals surface area contributed by atoms with Crippen LogP contribution in [-0.4, -0.2) is 31.1 Å². The van der Waals surface area contributed by atoms with E-state index in [1.807, 2.05) is 0 Å². The Morgan fingerprint density at radius 2 is 2.38 bits per heavy atom. The molecule has 3 nitrogen and oxygen atoms in total. The van der Waals surface area contributed by atoms with Gasteiger partial charge in [0.2, 0.25) is 0 Å². The molecule has 1 aliphatic heterocycles. The van der Waals surface area contributed by atoms with Gasteiger partial charge >= 0.3 is 0 Å². The van der Waals surface area contributed by atoms with Crippen molar-refractivity contribution in [1.29, 1.82) is 0 Å². The van der Waals surface area contributed by atoms with Gasteiger partial charge in [-0.05, 0) is 19.3 Å². The lowest BCUT2D eigenvalue weighted by Crippen LogP contribution is -2.33. The quantitative estimate of drug-likeness (QED) is 0.705. The van der Waals surface area contributed by atoms with E-state index in [4.69, 9.17) is 4.74 Å². The number of carbonyl (C=O) groups excluding carboxylic acids is 1. The maximum Gasteiger partial charge on any atom is 0.134 e. The summed E-state index contributed by atoms with van der Waals surface area (Å²) in [6, 6.07) is 0.427. The molecule has 1 saturated heterocycles. The smallest absolute Gasteiger partial charge is 0.134 e. The normalized spacial score (nSPS) is 34.3. The number of ketones is 1. The molecule has 0 bridgehead atoms. The second-order valence-corrected chi connectivity index (χ2v) is 4.02. The summed E-state index contributed by atoms with van der Waals surface area (Å²) in [6.07, 6.45) is 5.28. The zero-order valence-corrected chi connectivity index (χ0v) is 7.92. The van der Waals surface area contributed by atoms with Crippen molar-refractivity contribution in [3.63, 3.8) is 0 Å². The van der Waals surface area contributed by atoms with Gasteiger partial charge in [-0.25, -0.2) is 0 Å². The van der Waals surface area contributed by atoms with Crippen molar-refractivity contribution in [2.45, 2.75) is 44.2 Å². The van der Waals surface area contributed by atoms with Crippen LogP contribution in [0.1, 0.15) is 32.1 Å². The Balaban J connectivity index is 1.64. The molecule has 0 aromatic carbocycles. The maximum absolute atomic E-state index is 11.0. The molecule has 1 saturated carbocycles. The Morgan fingerprint density at radius 1 is 1.46 bits per heavy atom. The minimum absolute atomic E-state index is 0.399. The lowest BCUT2D eigenvalue weighted by Gasteiger charge is -2.14. The van der Waals surface area contributed by atoms with Gasteiger partial charge in [-0.15, -0.1) is 0 Å². The minimum Gasteiger partial charge on any atom is -0.377 e. The van der Waals surface area contributed by atoms with Gasteiger partial charge in [0.25, 0.3) is 0 Å². The zero-order chi connectivity index (χ0) is 9.10. The van der Waals surface area contributed by atoms with Crippen LogP contribution in [0, 0.1) is 0 Å². The van der Waals surface area contributed by atoms with E-state index in [0.29, 0.717) is 17.9 Å². The molecule has 0 spiro atoms. The summed E-state index contributed by atoms with van der Waals surface area (Å²) in [5.74, 6) is 0.407. The Kier molecular flexibility index (Phi) is 2.96. The first-order valence-electron chi connectivity index (χ1n) is 5.21. The van der Waals surface area contributed by atoms with Gasteiger partial charge in [-0.2, -0.15) is 0 Å². The number of rotatable bonds is 3. The fraction of sp³-hybridized carbons (Fsp3) is 0.900. The number of hydrogen-bond acceptors (Lipinski definition) is 3. The van der Waals surface area contributed by atoms with Gasteiger partial charge in [0, 0.05) is 32.0 Å². The SMILES string of the molecule is O=C1CCC(NCC2CCCO2)C1. The van der Waals surface area contributed by atoms with Crippen LogP contribution in [0.4, 0.5) is 0 Å². The predicted molar refractivity (Wildman–Crippen MR) is 49.6 cm³/mol. The molecule has 1 aliphatic carbocycles. The molecule has 0 aromatic heterocycles. The van der Waals surface area contributed by atoms with Crippen molar-refractivity contribution in [3.8, 4) is 0 Å². The molecular formula is C10H17NO2. The summed E-state index contributed by atoms with van der Waals surface area (Å²) in [7, 11) is 0. The Bertz CT molecular complexity index is 187. The van der Waals surface area contributed by atoms with Crippen LogP contribution in [0.15, 0.2) is 0 Å². The summed E-state index contributed by atoms with van der Waals surface area (Å²) in [5.41, 5.74) is 0. The van der Waals surface area contributed by atoms with Crippen LogP contribution in [0.3, 0.4) is 0 Å². The van der Waals surface area contributed by atoms with E-state index in [1.54, 1.807) is 0 Å². The van der Waals surface area contributed by atoms with Crippen molar-refractivity contribution in [2.24, 2.45) is 0 Å². The minimum atomic E-state index is 0.399. The monoisotopic (exact) mass is 183 g/mol. The molecule has 0 aromatic rings. The molecule has 3 heteroatoms. The fourth-order valence-corrected chi connectivity index (χ4v) is 2.09. The molecule has 74 valence electrons. The second kappa shape index (κ2) is 4.20. The molecule has 2 aliphatic rings. The third-order valence-corrected chi connectivity index (χ3v) is 2.90. The van der Waals surface area contributed by atoms with Crippen molar-refractivity contribution in [1.82, 2.24) is 5.32 Å². The topological polar surface area (TPSA) is 38.3 Å². The average Bonchev–Trinajstić information content (AvgIpc) is 2.71. The molecule has 1 N–H and O–H groups in total. The average molecular weight is 183 g/mol. The summed E-state index contributed by atoms with van der Waals surface area (Å²) < 4.78 is 5.49. The van der Waals surface area contributed by atoms with E-state index < -0.39 is 0 Å². The Hall–Kier alpha value is -0.410. The summed E-state index contributed by atoms with van der Waals surface area (Å²) in [5, 5.41) is 3.41. The van der Waals surface area contributed by atoms with Crippen LogP contribution >= 0.6 is 0 Å². The Morgan fingerprint density at radius 3 is 3.00 bits per heavy atom. The highest BCUT2D eigenvalue weighted by Crippen LogP contribution is 2.16. The van der Waals surface area contributed by atoms with Crippen molar-refractivity contribution >= 4 is 5.78 Å². The number of carbonyl (C=O) groups is 1. The van der Waals surface area contributed by atoms with Crippen LogP contribution < -0.4 is 5.32 Å². The fourth-order valence-electron chi connectivity index (χ4n) is 2.09. The van der Waals surface area contributed by atoms with Crippen LogP contribution in [0.25, 0.3) is 0 Å². The van der Waals surface area contributed by atoms with Crippen molar-refractivity contribution < 1.29 is 9.53 Å². The lowest BCUT2D eigenvalue weighted by molar-refractivity contribution is -0.117. The number of nitrogens with one attached hydrogen (secondary N) is 1. The largest absolute Gasteiger partial charge is 0.377 e. The van der Waals surface area contributed by atoms with Gasteiger partial charge in [-0.3, -0.25) is 4.79 Å². The van der Waals surface area contributed by atoms with Crippen molar-refractivity contribution in [2.75, 3.05) is 13.2 Å². The van der Waals surface area contributed by atoms with E-state index in [2.05, 4.69) is 5.32 Å². The third-order valence-electron chi connectivity index (χ3n) is 2.90. The Labute approximate surface area is 78.8 Å². The molecule has 13 heavy (non-hydrogen) atoms. The van der Waals surface area contributed by atoms with E-state index in [9.17, 15) is 4.79 Å². The van der Waals surface area contributed by atoms with Gasteiger partial charge in [0.1, 0.15) is 5.78 Å². The summed E-state index contributed by atoms with van der Waals surface area (Å²) in [4.78, 5) is 11.0. The number of Topliss-reactive ketones (excluding diaryl/α,β-unsaturated/α-hetero) is 1. The molecule has 0 amide bonds. The summed E-state index contributed by atoms with van der Waals surface area (Å²) in [6.45, 7) is 1.84.